The Morgan fingerprint density at radius 1 is 1.32 bits per heavy atom. The van der Waals surface area contributed by atoms with Gasteiger partial charge in [0.25, 0.3) is 0 Å². The van der Waals surface area contributed by atoms with Gasteiger partial charge in [-0.1, -0.05) is 18.2 Å². The highest BCUT2D eigenvalue weighted by Gasteiger charge is 2.26. The first kappa shape index (κ1) is 18.4. The zero-order valence-corrected chi connectivity index (χ0v) is 16.7. The quantitative estimate of drug-likeness (QED) is 0.464. The molecule has 3 rings (SSSR count). The number of ether oxygens (including phenoxy) is 1. The summed E-state index contributed by atoms with van der Waals surface area (Å²) in [5.74, 6) is -0.215. The number of thiophene rings is 1. The van der Waals surface area contributed by atoms with Crippen LogP contribution < -0.4 is 5.32 Å². The number of esters is 1. The Bertz CT molecular complexity index is 782. The maximum atomic E-state index is 12.3. The van der Waals surface area contributed by atoms with Gasteiger partial charge in [-0.25, -0.2) is 9.78 Å². The fourth-order valence-corrected chi connectivity index (χ4v) is 5.78. The van der Waals surface area contributed by atoms with Gasteiger partial charge >= 0.3 is 5.97 Å². The number of rotatable bonds is 5. The molecule has 1 N–H and O–H groups in total. The van der Waals surface area contributed by atoms with Crippen LogP contribution in [0.5, 0.6) is 0 Å². The number of nitrogens with zero attached hydrogens (tertiary/aromatic N) is 1. The molecule has 1 amide bonds. The first-order valence-corrected chi connectivity index (χ1v) is 10.8. The number of amides is 1. The summed E-state index contributed by atoms with van der Waals surface area (Å²) in [5.41, 5.74) is 2.57. The molecule has 134 valence electrons. The number of anilines is 1. The number of aryl methyl sites for hydroxylation is 2. The summed E-state index contributed by atoms with van der Waals surface area (Å²) in [7, 11) is 1.38. The molecule has 5 nitrogen and oxygen atoms in total. The SMILES string of the molecule is COC(=O)c1c(NC(=O)CSc2nc(C)cs2)sc2c1CCCCC2. The predicted molar refractivity (Wildman–Crippen MR) is 103 cm³/mol. The summed E-state index contributed by atoms with van der Waals surface area (Å²) >= 11 is 4.46. The highest BCUT2D eigenvalue weighted by atomic mass is 32.2. The van der Waals surface area contributed by atoms with Crippen LogP contribution in [-0.2, 0) is 22.4 Å². The number of carbonyl (C=O) groups excluding carboxylic acids is 2. The van der Waals surface area contributed by atoms with Crippen LogP contribution >= 0.6 is 34.4 Å². The number of aromatic nitrogens is 1. The number of hydrogen-bond donors (Lipinski definition) is 1. The lowest BCUT2D eigenvalue weighted by Crippen LogP contribution is -2.16. The summed E-state index contributed by atoms with van der Waals surface area (Å²) in [6.45, 7) is 1.93. The van der Waals surface area contributed by atoms with Crippen molar-refractivity contribution in [2.75, 3.05) is 18.2 Å². The van der Waals surface area contributed by atoms with Crippen molar-refractivity contribution in [3.8, 4) is 0 Å². The Morgan fingerprint density at radius 2 is 2.12 bits per heavy atom. The molecule has 2 aromatic heterocycles. The topological polar surface area (TPSA) is 68.3 Å². The molecule has 0 saturated heterocycles. The molecule has 0 atom stereocenters. The molecule has 0 spiro atoms. The maximum Gasteiger partial charge on any atom is 0.341 e. The number of fused-ring (bicyclic) bond motifs is 1. The molecule has 1 aliphatic rings. The molecule has 25 heavy (non-hydrogen) atoms. The van der Waals surface area contributed by atoms with E-state index >= 15 is 0 Å². The minimum absolute atomic E-state index is 0.126. The van der Waals surface area contributed by atoms with Crippen LogP contribution in [0.1, 0.15) is 45.8 Å². The predicted octanol–water partition coefficient (Wildman–Crippen LogP) is 4.30. The van der Waals surface area contributed by atoms with E-state index in [0.717, 1.165) is 41.3 Å². The largest absolute Gasteiger partial charge is 0.465 e. The van der Waals surface area contributed by atoms with Gasteiger partial charge in [-0.3, -0.25) is 4.79 Å². The Morgan fingerprint density at radius 3 is 2.84 bits per heavy atom. The Balaban J connectivity index is 1.74. The molecular formula is C17H20N2O3S3. The Kier molecular flexibility index (Phi) is 6.14. The first-order valence-electron chi connectivity index (χ1n) is 8.16. The van der Waals surface area contributed by atoms with E-state index in [-0.39, 0.29) is 17.6 Å². The van der Waals surface area contributed by atoms with Gasteiger partial charge in [0.1, 0.15) is 5.00 Å². The standard InChI is InChI=1S/C17H20N2O3S3/c1-10-8-23-17(18-10)24-9-13(20)19-15-14(16(21)22-2)11-6-4-3-5-7-12(11)25-15/h8H,3-7,9H2,1-2H3,(H,19,20). The molecular weight excluding hydrogens is 376 g/mol. The van der Waals surface area contributed by atoms with Gasteiger partial charge in [0.2, 0.25) is 5.91 Å². The fourth-order valence-electron chi connectivity index (χ4n) is 2.84. The molecule has 0 fully saturated rings. The van der Waals surface area contributed by atoms with E-state index < -0.39 is 0 Å². The van der Waals surface area contributed by atoms with Crippen LogP contribution in [0.2, 0.25) is 0 Å². The lowest BCUT2D eigenvalue weighted by Gasteiger charge is -2.07. The van der Waals surface area contributed by atoms with Crippen molar-refractivity contribution in [3.63, 3.8) is 0 Å². The summed E-state index contributed by atoms with van der Waals surface area (Å²) < 4.78 is 5.84. The molecule has 0 unspecified atom stereocenters. The van der Waals surface area contributed by atoms with Gasteiger partial charge < -0.3 is 10.1 Å². The fraction of sp³-hybridized carbons (Fsp3) is 0.471. The monoisotopic (exact) mass is 396 g/mol. The van der Waals surface area contributed by atoms with Crippen molar-refractivity contribution in [2.24, 2.45) is 0 Å². The van der Waals surface area contributed by atoms with Crippen LogP contribution in [-0.4, -0.2) is 29.7 Å². The van der Waals surface area contributed by atoms with E-state index in [9.17, 15) is 9.59 Å². The van der Waals surface area contributed by atoms with Gasteiger partial charge in [-0.05, 0) is 38.2 Å². The molecule has 0 saturated carbocycles. The van der Waals surface area contributed by atoms with E-state index in [1.807, 2.05) is 12.3 Å². The molecule has 0 aromatic carbocycles. The van der Waals surface area contributed by atoms with Gasteiger partial charge in [-0.2, -0.15) is 0 Å². The van der Waals surface area contributed by atoms with Crippen molar-refractivity contribution in [1.29, 1.82) is 0 Å². The van der Waals surface area contributed by atoms with E-state index in [0.29, 0.717) is 10.6 Å². The number of thioether (sulfide) groups is 1. The van der Waals surface area contributed by atoms with Gasteiger partial charge in [0, 0.05) is 16.0 Å². The van der Waals surface area contributed by atoms with E-state index in [4.69, 9.17) is 4.74 Å². The molecule has 2 heterocycles. The molecule has 1 aliphatic carbocycles. The van der Waals surface area contributed by atoms with Crippen LogP contribution in [0, 0.1) is 6.92 Å². The molecule has 0 bridgehead atoms. The average Bonchev–Trinajstić information content (AvgIpc) is 3.08. The summed E-state index contributed by atoms with van der Waals surface area (Å²) in [5, 5.41) is 5.50. The van der Waals surface area contributed by atoms with E-state index in [1.165, 1.54) is 52.8 Å². The maximum absolute atomic E-state index is 12.3. The molecule has 0 radical (unpaired) electrons. The number of nitrogens with one attached hydrogen (secondary N) is 1. The first-order chi connectivity index (χ1) is 12.1. The lowest BCUT2D eigenvalue weighted by atomic mass is 10.1. The van der Waals surface area contributed by atoms with Crippen LogP contribution in [0.25, 0.3) is 0 Å². The third kappa shape index (κ3) is 4.43. The molecule has 8 heteroatoms. The highest BCUT2D eigenvalue weighted by Crippen LogP contribution is 2.38. The minimum atomic E-state index is -0.363. The van der Waals surface area contributed by atoms with Crippen LogP contribution in [0.15, 0.2) is 9.72 Å². The normalized spacial score (nSPS) is 13.8. The van der Waals surface area contributed by atoms with Crippen molar-refractivity contribution >= 4 is 51.3 Å². The third-order valence-electron chi connectivity index (χ3n) is 3.99. The Hall–Kier alpha value is -1.38. The van der Waals surface area contributed by atoms with Crippen LogP contribution in [0.4, 0.5) is 5.00 Å². The van der Waals surface area contributed by atoms with Crippen molar-refractivity contribution in [3.05, 3.63) is 27.1 Å². The van der Waals surface area contributed by atoms with Crippen molar-refractivity contribution < 1.29 is 14.3 Å². The van der Waals surface area contributed by atoms with E-state index in [1.54, 1.807) is 0 Å². The molecule has 0 aliphatic heterocycles. The average molecular weight is 397 g/mol. The smallest absolute Gasteiger partial charge is 0.341 e. The van der Waals surface area contributed by atoms with Gasteiger partial charge in [0.05, 0.1) is 18.4 Å². The van der Waals surface area contributed by atoms with Crippen LogP contribution in [0.3, 0.4) is 0 Å². The second kappa shape index (κ2) is 8.33. The van der Waals surface area contributed by atoms with Crippen molar-refractivity contribution in [2.45, 2.75) is 43.4 Å². The number of thiazole rings is 1. The second-order valence-corrected chi connectivity index (χ2v) is 9.04. The van der Waals surface area contributed by atoms with Crippen molar-refractivity contribution in [1.82, 2.24) is 4.98 Å². The van der Waals surface area contributed by atoms with Gasteiger partial charge in [0.15, 0.2) is 4.34 Å². The minimum Gasteiger partial charge on any atom is -0.465 e. The number of methoxy groups -OCH3 is 1. The summed E-state index contributed by atoms with van der Waals surface area (Å²) in [6.07, 6.45) is 5.21. The lowest BCUT2D eigenvalue weighted by molar-refractivity contribution is -0.113. The highest BCUT2D eigenvalue weighted by molar-refractivity contribution is 8.01. The number of hydrogen-bond acceptors (Lipinski definition) is 7. The van der Waals surface area contributed by atoms with Gasteiger partial charge in [-0.15, -0.1) is 22.7 Å². The van der Waals surface area contributed by atoms with E-state index in [2.05, 4.69) is 10.3 Å². The molecule has 2 aromatic rings. The summed E-state index contributed by atoms with van der Waals surface area (Å²) in [6, 6.07) is 0. The zero-order valence-electron chi connectivity index (χ0n) is 14.2. The Labute approximate surface area is 159 Å². The second-order valence-electron chi connectivity index (χ2n) is 5.85. The zero-order chi connectivity index (χ0) is 17.8. The third-order valence-corrected chi connectivity index (χ3v) is 7.33. The summed E-state index contributed by atoms with van der Waals surface area (Å²) in [4.78, 5) is 30.1. The number of carbonyl (C=O) groups is 2.